The molecule has 1 aliphatic carbocycles. The number of carbonyl (C=O) groups is 2. The molecule has 1 aliphatic rings. The molecule has 0 atom stereocenters. The van der Waals surface area contributed by atoms with Crippen molar-refractivity contribution in [1.82, 2.24) is 0 Å². The second-order valence-electron chi connectivity index (χ2n) is 10.4. The lowest BCUT2D eigenvalue weighted by atomic mass is 9.68. The molecule has 45 heavy (non-hydrogen) atoms. The van der Waals surface area contributed by atoms with E-state index in [1.165, 1.54) is 0 Å². The van der Waals surface area contributed by atoms with Crippen LogP contribution >= 0.6 is 0 Å². The van der Waals surface area contributed by atoms with Crippen molar-refractivity contribution in [2.45, 2.75) is 5.41 Å². The van der Waals surface area contributed by atoms with Gasteiger partial charge in [-0.2, -0.15) is 0 Å². The average Bonchev–Trinajstić information content (AvgIpc) is 3.37. The van der Waals surface area contributed by atoms with Gasteiger partial charge in [0.1, 0.15) is 23.0 Å². The summed E-state index contributed by atoms with van der Waals surface area (Å²) in [6.45, 7) is 0. The second kappa shape index (κ2) is 11.9. The lowest BCUT2D eigenvalue weighted by Gasteiger charge is -2.34. The number of benzene rings is 6. The molecular formula is C39H26O6. The monoisotopic (exact) mass is 590 g/mol. The largest absolute Gasteiger partial charge is 0.519 e. The predicted octanol–water partition coefficient (Wildman–Crippen LogP) is 9.21. The van der Waals surface area contributed by atoms with Gasteiger partial charge in [0.2, 0.25) is 0 Å². The van der Waals surface area contributed by atoms with Crippen LogP contribution in [0.5, 0.6) is 23.0 Å². The van der Waals surface area contributed by atoms with E-state index in [0.29, 0.717) is 23.0 Å². The molecule has 6 nitrogen and oxygen atoms in total. The molecule has 0 saturated carbocycles. The van der Waals surface area contributed by atoms with E-state index in [1.807, 2.05) is 60.7 Å². The van der Waals surface area contributed by atoms with Crippen molar-refractivity contribution in [1.29, 1.82) is 0 Å². The van der Waals surface area contributed by atoms with Crippen LogP contribution in [0, 0.1) is 0 Å². The summed E-state index contributed by atoms with van der Waals surface area (Å²) in [4.78, 5) is 24.9. The van der Waals surface area contributed by atoms with Gasteiger partial charge in [-0.25, -0.2) is 9.59 Å². The third-order valence-corrected chi connectivity index (χ3v) is 7.82. The molecule has 0 radical (unpaired) electrons. The summed E-state index contributed by atoms with van der Waals surface area (Å²) in [5.41, 5.74) is 5.74. The molecule has 0 heterocycles. The molecule has 218 valence electrons. The standard InChI is InChI=1S/C39H26O6/c40-37(42-29-11-3-1-4-12-29)44-31-23-19-27(20-24-31)39(35-17-9-7-15-33(35)34-16-8-10-18-36(34)39)28-21-25-32(26-22-28)45-38(41)43-30-13-5-2-6-14-30/h1-26H. The highest BCUT2D eigenvalue weighted by Crippen LogP contribution is 2.56. The quantitative estimate of drug-likeness (QED) is 0.142. The first-order chi connectivity index (χ1) is 22.1. The van der Waals surface area contributed by atoms with E-state index in [-0.39, 0.29) is 0 Å². The molecule has 0 amide bonds. The number of ether oxygens (including phenoxy) is 4. The van der Waals surface area contributed by atoms with Crippen LogP contribution < -0.4 is 18.9 Å². The molecule has 0 unspecified atom stereocenters. The van der Waals surface area contributed by atoms with Crippen molar-refractivity contribution in [2.75, 3.05) is 0 Å². The Morgan fingerprint density at radius 3 is 1.04 bits per heavy atom. The van der Waals surface area contributed by atoms with Crippen molar-refractivity contribution in [3.8, 4) is 34.1 Å². The number of carbonyl (C=O) groups excluding carboxylic acids is 2. The van der Waals surface area contributed by atoms with Crippen LogP contribution in [0.3, 0.4) is 0 Å². The summed E-state index contributed by atoms with van der Waals surface area (Å²) in [6, 6.07) is 49.2. The van der Waals surface area contributed by atoms with Crippen LogP contribution in [0.15, 0.2) is 158 Å². The van der Waals surface area contributed by atoms with E-state index in [2.05, 4.69) is 24.3 Å². The lowest BCUT2D eigenvalue weighted by Crippen LogP contribution is -2.28. The Balaban J connectivity index is 1.24. The maximum absolute atomic E-state index is 12.5. The summed E-state index contributed by atoms with van der Waals surface area (Å²) in [5, 5.41) is 0. The van der Waals surface area contributed by atoms with Crippen LogP contribution in [0.4, 0.5) is 9.59 Å². The van der Waals surface area contributed by atoms with Gasteiger partial charge in [-0.1, -0.05) is 109 Å². The van der Waals surface area contributed by atoms with Crippen LogP contribution in [0.1, 0.15) is 22.3 Å². The SMILES string of the molecule is O=C(Oc1ccccc1)Oc1ccc(C2(c3ccc(OC(=O)Oc4ccccc4)cc3)c3ccccc3-c3ccccc32)cc1. The maximum Gasteiger partial charge on any atom is 0.519 e. The molecule has 7 rings (SSSR count). The fourth-order valence-corrected chi connectivity index (χ4v) is 5.97. The van der Waals surface area contributed by atoms with Gasteiger partial charge in [0.25, 0.3) is 0 Å². The molecule has 6 aromatic carbocycles. The highest BCUT2D eigenvalue weighted by molar-refractivity contribution is 5.86. The Labute approximate surface area is 260 Å². The summed E-state index contributed by atoms with van der Waals surface area (Å²) in [6.07, 6.45) is -1.64. The minimum Gasteiger partial charge on any atom is -0.395 e. The number of para-hydroxylation sites is 2. The second-order valence-corrected chi connectivity index (χ2v) is 10.4. The van der Waals surface area contributed by atoms with Crippen molar-refractivity contribution in [2.24, 2.45) is 0 Å². The van der Waals surface area contributed by atoms with E-state index in [9.17, 15) is 9.59 Å². The molecule has 0 fully saturated rings. The molecule has 0 spiro atoms. The lowest BCUT2D eigenvalue weighted by molar-refractivity contribution is 0.150. The van der Waals surface area contributed by atoms with Gasteiger partial charge < -0.3 is 18.9 Å². The number of hydrogen-bond donors (Lipinski definition) is 0. The van der Waals surface area contributed by atoms with E-state index >= 15 is 0 Å². The average molecular weight is 591 g/mol. The highest BCUT2D eigenvalue weighted by atomic mass is 16.7. The summed E-state index contributed by atoms with van der Waals surface area (Å²) in [5.74, 6) is 1.51. The first-order valence-electron chi connectivity index (χ1n) is 14.4. The van der Waals surface area contributed by atoms with Crippen molar-refractivity contribution in [3.63, 3.8) is 0 Å². The van der Waals surface area contributed by atoms with E-state index in [1.54, 1.807) is 72.8 Å². The Hall–Kier alpha value is -6.14. The van der Waals surface area contributed by atoms with E-state index in [0.717, 1.165) is 33.4 Å². The van der Waals surface area contributed by atoms with E-state index in [4.69, 9.17) is 18.9 Å². The summed E-state index contributed by atoms with van der Waals surface area (Å²) in [7, 11) is 0. The molecule has 6 heteroatoms. The molecule has 0 N–H and O–H groups in total. The minimum absolute atomic E-state index is 0.357. The zero-order chi connectivity index (χ0) is 30.6. The Bertz CT molecular complexity index is 1820. The molecule has 0 saturated heterocycles. The van der Waals surface area contributed by atoms with Crippen LogP contribution in [0.2, 0.25) is 0 Å². The van der Waals surface area contributed by atoms with Crippen molar-refractivity contribution in [3.05, 3.63) is 180 Å². The van der Waals surface area contributed by atoms with Gasteiger partial charge in [0.15, 0.2) is 0 Å². The van der Waals surface area contributed by atoms with Gasteiger partial charge in [0, 0.05) is 0 Å². The van der Waals surface area contributed by atoms with Crippen molar-refractivity contribution < 1.29 is 28.5 Å². The molecule has 6 aromatic rings. The number of fused-ring (bicyclic) bond motifs is 3. The maximum atomic E-state index is 12.5. The third-order valence-electron chi connectivity index (χ3n) is 7.82. The first kappa shape index (κ1) is 27.7. The van der Waals surface area contributed by atoms with Crippen molar-refractivity contribution >= 4 is 12.3 Å². The zero-order valence-corrected chi connectivity index (χ0v) is 24.0. The van der Waals surface area contributed by atoms with Crippen LogP contribution in [-0.2, 0) is 5.41 Å². The van der Waals surface area contributed by atoms with Crippen LogP contribution in [-0.4, -0.2) is 12.3 Å². The number of hydrogen-bond acceptors (Lipinski definition) is 6. The van der Waals surface area contributed by atoms with Gasteiger partial charge in [0.05, 0.1) is 5.41 Å². The number of rotatable bonds is 6. The summed E-state index contributed by atoms with van der Waals surface area (Å²) >= 11 is 0. The summed E-state index contributed by atoms with van der Waals surface area (Å²) < 4.78 is 21.6. The van der Waals surface area contributed by atoms with Gasteiger partial charge >= 0.3 is 12.3 Å². The third kappa shape index (κ3) is 5.30. The smallest absolute Gasteiger partial charge is 0.395 e. The molecular weight excluding hydrogens is 564 g/mol. The molecule has 0 aliphatic heterocycles. The van der Waals surface area contributed by atoms with Crippen LogP contribution in [0.25, 0.3) is 11.1 Å². The molecule has 0 aromatic heterocycles. The Morgan fingerprint density at radius 1 is 0.356 bits per heavy atom. The Kier molecular flexibility index (Phi) is 7.29. The Morgan fingerprint density at radius 2 is 0.667 bits per heavy atom. The van der Waals surface area contributed by atoms with Gasteiger partial charge in [-0.15, -0.1) is 0 Å². The van der Waals surface area contributed by atoms with E-state index < -0.39 is 17.7 Å². The zero-order valence-electron chi connectivity index (χ0n) is 24.0. The fraction of sp³-hybridized carbons (Fsp3) is 0.0256. The first-order valence-corrected chi connectivity index (χ1v) is 14.4. The normalized spacial score (nSPS) is 12.4. The fourth-order valence-electron chi connectivity index (χ4n) is 5.97. The highest BCUT2D eigenvalue weighted by Gasteiger charge is 2.45. The minimum atomic E-state index is -0.818. The predicted molar refractivity (Wildman–Crippen MR) is 170 cm³/mol. The van der Waals surface area contributed by atoms with Gasteiger partial charge in [-0.05, 0) is 81.9 Å². The topological polar surface area (TPSA) is 71.1 Å². The van der Waals surface area contributed by atoms with Gasteiger partial charge in [-0.3, -0.25) is 0 Å². The molecule has 0 bridgehead atoms.